The molecule has 3 heterocycles. The zero-order chi connectivity index (χ0) is 22.1. The molecule has 0 aliphatic carbocycles. The number of hydrogen-bond donors (Lipinski definition) is 1. The highest BCUT2D eigenvalue weighted by molar-refractivity contribution is 5.78. The van der Waals surface area contributed by atoms with E-state index in [0.29, 0.717) is 43.9 Å². The number of fused-ring (bicyclic) bond motifs is 1. The lowest BCUT2D eigenvalue weighted by molar-refractivity contribution is -0.138. The molecule has 1 N–H and O–H groups in total. The molecule has 1 amide bonds. The summed E-state index contributed by atoms with van der Waals surface area (Å²) in [5.74, 6) is -0.156. The Morgan fingerprint density at radius 2 is 2.17 bits per heavy atom. The van der Waals surface area contributed by atoms with Gasteiger partial charge in [-0.25, -0.2) is 0 Å². The molecule has 1 aromatic heterocycles. The largest absolute Gasteiger partial charge is 0.417 e. The van der Waals surface area contributed by atoms with Gasteiger partial charge in [0.05, 0.1) is 18.3 Å². The second-order valence-corrected chi connectivity index (χ2v) is 8.75. The van der Waals surface area contributed by atoms with Crippen molar-refractivity contribution in [3.8, 4) is 0 Å². The summed E-state index contributed by atoms with van der Waals surface area (Å²) >= 11 is 0. The first-order chi connectivity index (χ1) is 14.0. The van der Waals surface area contributed by atoms with E-state index in [0.717, 1.165) is 12.3 Å². The van der Waals surface area contributed by atoms with Gasteiger partial charge in [-0.1, -0.05) is 13.8 Å². The predicted octanol–water partition coefficient (Wildman–Crippen LogP) is 3.13. The molecule has 3 rings (SSSR count). The number of halogens is 3. The summed E-state index contributed by atoms with van der Waals surface area (Å²) < 4.78 is 51.0. The second-order valence-electron chi connectivity index (χ2n) is 8.75. The SMILES string of the molecule is [CH2]C(C)(C)CC(=O)N1CCc2ncc(C(F)(F)F)cc2[C@@H]1N[C@H]1CCOC[C@@H]1OC. The number of carbonyl (C=O) groups is 1. The van der Waals surface area contributed by atoms with Crippen molar-refractivity contribution < 1.29 is 27.4 Å². The standard InChI is InChI=1S/C21H29F3N3O3/c1-20(2,3)10-18(28)27-7-5-15-14(9-13(11-25-15)21(22,23)24)19(27)26-16-6-8-30-12-17(16)29-4/h9,11,16-17,19,26H,1,5-8,10,12H2,2-4H3/t16-,17-,19+/m0/s1. The minimum atomic E-state index is -4.51. The minimum Gasteiger partial charge on any atom is -0.379 e. The number of rotatable bonds is 5. The number of nitrogens with zero attached hydrogens (tertiary/aromatic N) is 2. The van der Waals surface area contributed by atoms with E-state index in [9.17, 15) is 18.0 Å². The molecule has 1 fully saturated rings. The van der Waals surface area contributed by atoms with E-state index >= 15 is 0 Å². The minimum absolute atomic E-state index is 0.156. The normalized spacial score (nSPS) is 25.2. The van der Waals surface area contributed by atoms with E-state index in [4.69, 9.17) is 9.47 Å². The first-order valence-corrected chi connectivity index (χ1v) is 10.1. The Hall–Kier alpha value is -1.71. The molecule has 6 nitrogen and oxygen atoms in total. The molecule has 2 aliphatic rings. The van der Waals surface area contributed by atoms with Gasteiger partial charge in [0, 0.05) is 56.6 Å². The lowest BCUT2D eigenvalue weighted by atomic mass is 9.90. The van der Waals surface area contributed by atoms with Gasteiger partial charge in [-0.05, 0) is 24.8 Å². The number of carbonyl (C=O) groups excluding carboxylic acids is 1. The van der Waals surface area contributed by atoms with Crippen LogP contribution < -0.4 is 5.32 Å². The molecule has 0 bridgehead atoms. The maximum absolute atomic E-state index is 13.4. The Kier molecular flexibility index (Phi) is 6.74. The van der Waals surface area contributed by atoms with Crippen LogP contribution in [0.2, 0.25) is 0 Å². The van der Waals surface area contributed by atoms with Crippen LogP contribution in [0, 0.1) is 12.3 Å². The summed E-state index contributed by atoms with van der Waals surface area (Å²) in [5, 5.41) is 3.38. The van der Waals surface area contributed by atoms with E-state index in [1.54, 1.807) is 12.0 Å². The van der Waals surface area contributed by atoms with E-state index < -0.39 is 23.3 Å². The van der Waals surface area contributed by atoms with Crippen molar-refractivity contribution >= 4 is 5.91 Å². The number of aromatic nitrogens is 1. The number of amides is 1. The average Bonchev–Trinajstić information content (AvgIpc) is 2.66. The van der Waals surface area contributed by atoms with E-state index in [1.165, 1.54) is 0 Å². The fourth-order valence-corrected chi connectivity index (χ4v) is 3.93. The Morgan fingerprint density at radius 1 is 1.43 bits per heavy atom. The fraction of sp³-hybridized carbons (Fsp3) is 0.667. The number of alkyl halides is 3. The molecule has 1 radical (unpaired) electrons. The molecule has 1 saturated heterocycles. The van der Waals surface area contributed by atoms with Crippen molar-refractivity contribution in [2.24, 2.45) is 5.41 Å². The smallest absolute Gasteiger partial charge is 0.379 e. The van der Waals surface area contributed by atoms with Crippen molar-refractivity contribution in [3.05, 3.63) is 36.0 Å². The van der Waals surface area contributed by atoms with Crippen LogP contribution in [0.4, 0.5) is 13.2 Å². The van der Waals surface area contributed by atoms with E-state index in [2.05, 4.69) is 17.2 Å². The Balaban J connectivity index is 1.97. The molecule has 0 spiro atoms. The van der Waals surface area contributed by atoms with Gasteiger partial charge in [0.15, 0.2) is 0 Å². The number of pyridine rings is 1. The quantitative estimate of drug-likeness (QED) is 0.781. The molecule has 2 aliphatic heterocycles. The summed E-state index contributed by atoms with van der Waals surface area (Å²) in [6.07, 6.45) is -3.42. The van der Waals surface area contributed by atoms with E-state index in [-0.39, 0.29) is 24.5 Å². The third kappa shape index (κ3) is 5.31. The van der Waals surface area contributed by atoms with Crippen LogP contribution in [0.3, 0.4) is 0 Å². The number of nitrogens with one attached hydrogen (secondary N) is 1. The summed E-state index contributed by atoms with van der Waals surface area (Å²) in [6, 6.07) is 0.938. The third-order valence-electron chi connectivity index (χ3n) is 5.46. The predicted molar refractivity (Wildman–Crippen MR) is 104 cm³/mol. The van der Waals surface area contributed by atoms with E-state index in [1.807, 2.05) is 13.8 Å². The van der Waals surface area contributed by atoms with Gasteiger partial charge in [-0.2, -0.15) is 13.2 Å². The summed E-state index contributed by atoms with van der Waals surface area (Å²) in [4.78, 5) is 18.7. The molecule has 0 aromatic carbocycles. The highest BCUT2D eigenvalue weighted by Crippen LogP contribution is 2.35. The summed E-state index contributed by atoms with van der Waals surface area (Å²) in [6.45, 7) is 8.98. The molecular weight excluding hydrogens is 399 g/mol. The molecule has 9 heteroatoms. The van der Waals surface area contributed by atoms with Gasteiger partial charge >= 0.3 is 6.18 Å². The highest BCUT2D eigenvalue weighted by Gasteiger charge is 2.39. The van der Waals surface area contributed by atoms with Crippen molar-refractivity contribution in [1.82, 2.24) is 15.2 Å². The Bertz CT molecular complexity index is 764. The van der Waals surface area contributed by atoms with Crippen LogP contribution >= 0.6 is 0 Å². The molecule has 0 saturated carbocycles. The zero-order valence-electron chi connectivity index (χ0n) is 17.6. The van der Waals surface area contributed by atoms with Crippen LogP contribution in [-0.4, -0.2) is 54.8 Å². The molecule has 3 atom stereocenters. The number of ether oxygens (including phenoxy) is 2. The molecular formula is C21H29F3N3O3. The third-order valence-corrected chi connectivity index (χ3v) is 5.46. The van der Waals surface area contributed by atoms with Crippen LogP contribution in [0.1, 0.15) is 49.7 Å². The van der Waals surface area contributed by atoms with Gasteiger partial charge < -0.3 is 14.4 Å². The Morgan fingerprint density at radius 3 is 2.80 bits per heavy atom. The maximum atomic E-state index is 13.4. The van der Waals surface area contributed by atoms with Crippen molar-refractivity contribution in [1.29, 1.82) is 0 Å². The topological polar surface area (TPSA) is 63.7 Å². The van der Waals surface area contributed by atoms with Crippen LogP contribution in [0.5, 0.6) is 0 Å². The van der Waals surface area contributed by atoms with Crippen molar-refractivity contribution in [2.45, 2.75) is 57.6 Å². The first-order valence-electron chi connectivity index (χ1n) is 10.1. The summed E-state index contributed by atoms with van der Waals surface area (Å²) in [5.41, 5.74) is -0.357. The molecule has 0 unspecified atom stereocenters. The monoisotopic (exact) mass is 428 g/mol. The van der Waals surface area contributed by atoms with Gasteiger partial charge in [-0.3, -0.25) is 15.1 Å². The summed E-state index contributed by atoms with van der Waals surface area (Å²) in [7, 11) is 1.57. The van der Waals surface area contributed by atoms with Crippen LogP contribution in [0.15, 0.2) is 12.3 Å². The lowest BCUT2D eigenvalue weighted by Crippen LogP contribution is -2.55. The number of hydrogen-bond acceptors (Lipinski definition) is 5. The van der Waals surface area contributed by atoms with Crippen molar-refractivity contribution in [3.63, 3.8) is 0 Å². The second kappa shape index (κ2) is 8.80. The van der Waals surface area contributed by atoms with Gasteiger partial charge in [-0.15, -0.1) is 0 Å². The van der Waals surface area contributed by atoms with Crippen LogP contribution in [-0.2, 0) is 26.9 Å². The molecule has 167 valence electrons. The molecule has 30 heavy (non-hydrogen) atoms. The van der Waals surface area contributed by atoms with Gasteiger partial charge in [0.2, 0.25) is 5.91 Å². The number of methoxy groups -OCH3 is 1. The lowest BCUT2D eigenvalue weighted by Gasteiger charge is -2.42. The highest BCUT2D eigenvalue weighted by atomic mass is 19.4. The van der Waals surface area contributed by atoms with Gasteiger partial charge in [0.1, 0.15) is 6.17 Å². The first kappa shape index (κ1) is 23.0. The van der Waals surface area contributed by atoms with Crippen molar-refractivity contribution in [2.75, 3.05) is 26.9 Å². The van der Waals surface area contributed by atoms with Crippen LogP contribution in [0.25, 0.3) is 0 Å². The maximum Gasteiger partial charge on any atom is 0.417 e. The molecule has 1 aromatic rings. The average molecular weight is 428 g/mol. The van der Waals surface area contributed by atoms with Gasteiger partial charge in [0.25, 0.3) is 0 Å². The Labute approximate surface area is 175 Å². The zero-order valence-corrected chi connectivity index (χ0v) is 17.6. The fourth-order valence-electron chi connectivity index (χ4n) is 3.93.